The number of aromatic hydroxyl groups is 1. The van der Waals surface area contributed by atoms with Gasteiger partial charge in [0.2, 0.25) is 5.91 Å². The molecule has 3 N–H and O–H groups in total. The molecule has 2 aromatic carbocycles. The van der Waals surface area contributed by atoms with Crippen molar-refractivity contribution in [2.45, 2.75) is 9.79 Å². The van der Waals surface area contributed by atoms with Crippen LogP contribution in [-0.4, -0.2) is 15.9 Å². The third-order valence-corrected chi connectivity index (χ3v) is 3.56. The summed E-state index contributed by atoms with van der Waals surface area (Å²) in [4.78, 5) is 22.6. The van der Waals surface area contributed by atoms with E-state index in [4.69, 9.17) is 5.73 Å². The lowest BCUT2D eigenvalue weighted by Gasteiger charge is -2.05. The average molecular weight is 290 g/mol. The maximum absolute atomic E-state index is 11.1. The van der Waals surface area contributed by atoms with Crippen molar-refractivity contribution in [3.63, 3.8) is 0 Å². The second-order valence-corrected chi connectivity index (χ2v) is 5.02. The van der Waals surface area contributed by atoms with Crippen molar-refractivity contribution in [3.8, 4) is 5.75 Å². The molecule has 0 saturated heterocycles. The molecule has 0 fully saturated rings. The Hall–Kier alpha value is -2.54. The molecule has 0 saturated carbocycles. The fraction of sp³-hybridized carbons (Fsp3) is 0. The minimum Gasteiger partial charge on any atom is -0.508 e. The molecule has 0 bridgehead atoms. The van der Waals surface area contributed by atoms with Crippen LogP contribution in [-0.2, 0) is 0 Å². The zero-order valence-electron chi connectivity index (χ0n) is 10.1. The first-order chi connectivity index (χ1) is 9.47. The molecule has 20 heavy (non-hydrogen) atoms. The summed E-state index contributed by atoms with van der Waals surface area (Å²) in [5.41, 5.74) is 5.27. The summed E-state index contributed by atoms with van der Waals surface area (Å²) in [5, 5.41) is 20.2. The van der Waals surface area contributed by atoms with Gasteiger partial charge in [0.05, 0.1) is 9.82 Å². The number of hydrogen-bond donors (Lipinski definition) is 2. The molecule has 0 unspecified atom stereocenters. The number of carbonyl (C=O) groups is 1. The highest BCUT2D eigenvalue weighted by molar-refractivity contribution is 7.99. The van der Waals surface area contributed by atoms with E-state index < -0.39 is 10.8 Å². The van der Waals surface area contributed by atoms with Crippen molar-refractivity contribution < 1.29 is 14.8 Å². The second kappa shape index (κ2) is 5.62. The van der Waals surface area contributed by atoms with Crippen LogP contribution in [0.25, 0.3) is 0 Å². The molecule has 102 valence electrons. The van der Waals surface area contributed by atoms with E-state index in [0.29, 0.717) is 9.79 Å². The highest BCUT2D eigenvalue weighted by Gasteiger charge is 2.17. The molecule has 0 heterocycles. The lowest BCUT2D eigenvalue weighted by Crippen LogP contribution is -2.11. The Morgan fingerprint density at radius 1 is 1.20 bits per heavy atom. The summed E-state index contributed by atoms with van der Waals surface area (Å²) in [6.45, 7) is 0. The highest BCUT2D eigenvalue weighted by atomic mass is 32.2. The number of nitro groups is 1. The average Bonchev–Trinajstić information content (AvgIpc) is 2.41. The molecular formula is C13H10N2O4S. The standard InChI is InChI=1S/C13H10N2O4S/c14-13(17)8-1-6-11(15(18)19)12(7-8)20-10-4-2-9(16)3-5-10/h1-7,16H,(H2,14,17). The zero-order valence-corrected chi connectivity index (χ0v) is 11.0. The Bertz CT molecular complexity index is 671. The van der Waals surface area contributed by atoms with Crippen molar-refractivity contribution in [3.05, 3.63) is 58.1 Å². The zero-order chi connectivity index (χ0) is 14.7. The third-order valence-electron chi connectivity index (χ3n) is 2.51. The normalized spacial score (nSPS) is 10.2. The summed E-state index contributed by atoms with van der Waals surface area (Å²) in [7, 11) is 0. The summed E-state index contributed by atoms with van der Waals surface area (Å²) >= 11 is 1.12. The number of carbonyl (C=O) groups excluding carboxylic acids is 1. The Kier molecular flexibility index (Phi) is 3.90. The fourth-order valence-electron chi connectivity index (χ4n) is 1.54. The molecule has 0 aliphatic heterocycles. The SMILES string of the molecule is NC(=O)c1ccc([N+](=O)[O-])c(Sc2ccc(O)cc2)c1. The molecule has 0 radical (unpaired) electrons. The molecule has 2 rings (SSSR count). The van der Waals surface area contributed by atoms with Crippen LogP contribution in [0.15, 0.2) is 52.3 Å². The predicted molar refractivity (Wildman–Crippen MR) is 73.8 cm³/mol. The lowest BCUT2D eigenvalue weighted by atomic mass is 10.2. The Morgan fingerprint density at radius 3 is 2.40 bits per heavy atom. The number of benzene rings is 2. The van der Waals surface area contributed by atoms with Gasteiger partial charge in [0, 0.05) is 16.5 Å². The molecule has 1 amide bonds. The van der Waals surface area contributed by atoms with E-state index in [1.165, 1.54) is 30.3 Å². The summed E-state index contributed by atoms with van der Waals surface area (Å²) in [6.07, 6.45) is 0. The number of phenolic OH excluding ortho intramolecular Hbond substituents is 1. The van der Waals surface area contributed by atoms with Gasteiger partial charge in [0.1, 0.15) is 5.75 Å². The van der Waals surface area contributed by atoms with Gasteiger partial charge < -0.3 is 10.8 Å². The Balaban J connectivity index is 2.41. The Labute approximate surface area is 118 Å². The molecule has 0 spiro atoms. The highest BCUT2D eigenvalue weighted by Crippen LogP contribution is 2.35. The smallest absolute Gasteiger partial charge is 0.283 e. The summed E-state index contributed by atoms with van der Waals surface area (Å²) in [5.74, 6) is -0.540. The lowest BCUT2D eigenvalue weighted by molar-refractivity contribution is -0.387. The van der Waals surface area contributed by atoms with E-state index in [1.54, 1.807) is 12.1 Å². The molecule has 7 heteroatoms. The van der Waals surface area contributed by atoms with Gasteiger partial charge in [-0.15, -0.1) is 0 Å². The van der Waals surface area contributed by atoms with Gasteiger partial charge in [-0.3, -0.25) is 14.9 Å². The van der Waals surface area contributed by atoms with Crippen molar-refractivity contribution in [2.75, 3.05) is 0 Å². The number of nitro benzene ring substituents is 1. The second-order valence-electron chi connectivity index (χ2n) is 3.90. The van der Waals surface area contributed by atoms with Crippen LogP contribution in [0, 0.1) is 10.1 Å². The molecule has 0 atom stereocenters. The quantitative estimate of drug-likeness (QED) is 0.664. The summed E-state index contributed by atoms with van der Waals surface area (Å²) in [6, 6.07) is 10.2. The van der Waals surface area contributed by atoms with Gasteiger partial charge in [0.15, 0.2) is 0 Å². The first kappa shape index (κ1) is 13.9. The molecule has 0 aromatic heterocycles. The number of primary amides is 1. The van der Waals surface area contributed by atoms with E-state index >= 15 is 0 Å². The van der Waals surface area contributed by atoms with E-state index in [1.807, 2.05) is 0 Å². The van der Waals surface area contributed by atoms with Gasteiger partial charge in [-0.1, -0.05) is 11.8 Å². The summed E-state index contributed by atoms with van der Waals surface area (Å²) < 4.78 is 0. The number of rotatable bonds is 4. The van der Waals surface area contributed by atoms with Gasteiger partial charge in [-0.25, -0.2) is 0 Å². The van der Waals surface area contributed by atoms with E-state index in [0.717, 1.165) is 11.8 Å². The number of nitrogens with zero attached hydrogens (tertiary/aromatic N) is 1. The number of phenols is 1. The van der Waals surface area contributed by atoms with Crippen molar-refractivity contribution >= 4 is 23.4 Å². The Morgan fingerprint density at radius 2 is 1.85 bits per heavy atom. The maximum atomic E-state index is 11.1. The van der Waals surface area contributed by atoms with E-state index in [2.05, 4.69) is 0 Å². The minimum atomic E-state index is -0.646. The molecular weight excluding hydrogens is 280 g/mol. The monoisotopic (exact) mass is 290 g/mol. The van der Waals surface area contributed by atoms with Gasteiger partial charge >= 0.3 is 0 Å². The van der Waals surface area contributed by atoms with Crippen molar-refractivity contribution in [2.24, 2.45) is 5.73 Å². The van der Waals surface area contributed by atoms with Crippen molar-refractivity contribution in [1.29, 1.82) is 0 Å². The third kappa shape index (κ3) is 3.07. The predicted octanol–water partition coefficient (Wildman–Crippen LogP) is 2.55. The van der Waals surface area contributed by atoms with Gasteiger partial charge in [-0.05, 0) is 36.4 Å². The van der Waals surface area contributed by atoms with Crippen LogP contribution < -0.4 is 5.73 Å². The van der Waals surface area contributed by atoms with Crippen LogP contribution in [0.3, 0.4) is 0 Å². The maximum Gasteiger partial charge on any atom is 0.283 e. The van der Waals surface area contributed by atoms with Crippen LogP contribution in [0.1, 0.15) is 10.4 Å². The van der Waals surface area contributed by atoms with Crippen LogP contribution >= 0.6 is 11.8 Å². The van der Waals surface area contributed by atoms with Crippen LogP contribution in [0.2, 0.25) is 0 Å². The number of nitrogens with two attached hydrogens (primary N) is 1. The van der Waals surface area contributed by atoms with E-state index in [-0.39, 0.29) is 17.0 Å². The molecule has 0 aliphatic rings. The fourth-order valence-corrected chi connectivity index (χ4v) is 2.50. The molecule has 2 aromatic rings. The van der Waals surface area contributed by atoms with E-state index in [9.17, 15) is 20.0 Å². The first-order valence-electron chi connectivity index (χ1n) is 5.52. The van der Waals surface area contributed by atoms with Crippen LogP contribution in [0.5, 0.6) is 5.75 Å². The van der Waals surface area contributed by atoms with Crippen LogP contribution in [0.4, 0.5) is 5.69 Å². The molecule has 6 nitrogen and oxygen atoms in total. The van der Waals surface area contributed by atoms with Gasteiger partial charge in [-0.2, -0.15) is 0 Å². The first-order valence-corrected chi connectivity index (χ1v) is 6.34. The number of amides is 1. The number of hydrogen-bond acceptors (Lipinski definition) is 5. The van der Waals surface area contributed by atoms with Gasteiger partial charge in [0.25, 0.3) is 5.69 Å². The minimum absolute atomic E-state index is 0.104. The topological polar surface area (TPSA) is 106 Å². The molecule has 0 aliphatic carbocycles. The van der Waals surface area contributed by atoms with Crippen molar-refractivity contribution in [1.82, 2.24) is 0 Å². The largest absolute Gasteiger partial charge is 0.508 e.